The number of hydrogen-bond donors (Lipinski definition) is 1. The van der Waals surface area contributed by atoms with Gasteiger partial charge in [-0.3, -0.25) is 0 Å². The van der Waals surface area contributed by atoms with Crippen LogP contribution in [0.4, 0.5) is 13.2 Å². The zero-order valence-electron chi connectivity index (χ0n) is 9.72. The molecule has 1 fully saturated rings. The van der Waals surface area contributed by atoms with Crippen LogP contribution < -0.4 is 5.32 Å². The van der Waals surface area contributed by atoms with Crippen LogP contribution in [0.5, 0.6) is 0 Å². The normalized spacial score (nSPS) is 25.9. The summed E-state index contributed by atoms with van der Waals surface area (Å²) < 4.78 is 37.3. The van der Waals surface area contributed by atoms with Crippen molar-refractivity contribution >= 4 is 0 Å². The summed E-state index contributed by atoms with van der Waals surface area (Å²) in [7, 11) is 0. The zero-order valence-corrected chi connectivity index (χ0v) is 9.72. The number of piperidine rings is 1. The third-order valence-electron chi connectivity index (χ3n) is 3.45. The van der Waals surface area contributed by atoms with Gasteiger partial charge < -0.3 is 5.32 Å². The molecular formula is C13H16F3N. The summed E-state index contributed by atoms with van der Waals surface area (Å²) >= 11 is 0. The van der Waals surface area contributed by atoms with E-state index in [-0.39, 0.29) is 0 Å². The predicted molar refractivity (Wildman–Crippen MR) is 60.8 cm³/mol. The van der Waals surface area contributed by atoms with Crippen LogP contribution in [0.2, 0.25) is 0 Å². The maximum Gasteiger partial charge on any atom is 0.416 e. The van der Waals surface area contributed by atoms with Crippen molar-refractivity contribution in [2.24, 2.45) is 5.92 Å². The second kappa shape index (κ2) is 4.69. The first-order valence-corrected chi connectivity index (χ1v) is 5.86. The summed E-state index contributed by atoms with van der Waals surface area (Å²) in [6.07, 6.45) is -3.25. The van der Waals surface area contributed by atoms with Crippen LogP contribution in [0, 0.1) is 5.92 Å². The van der Waals surface area contributed by atoms with Crippen molar-refractivity contribution in [1.82, 2.24) is 5.32 Å². The fourth-order valence-corrected chi connectivity index (χ4v) is 2.43. The first-order valence-electron chi connectivity index (χ1n) is 5.86. The van der Waals surface area contributed by atoms with Gasteiger partial charge in [-0.1, -0.05) is 19.1 Å². The molecule has 1 heterocycles. The van der Waals surface area contributed by atoms with E-state index in [1.807, 2.05) is 0 Å². The summed E-state index contributed by atoms with van der Waals surface area (Å²) in [5, 5.41) is 3.29. The molecule has 0 aliphatic carbocycles. The first kappa shape index (κ1) is 12.4. The molecule has 1 aliphatic rings. The Balaban J connectivity index is 2.17. The van der Waals surface area contributed by atoms with Gasteiger partial charge in [0.25, 0.3) is 0 Å². The number of halogens is 3. The van der Waals surface area contributed by atoms with Crippen LogP contribution >= 0.6 is 0 Å². The Morgan fingerprint density at radius 1 is 1.18 bits per heavy atom. The van der Waals surface area contributed by atoms with Crippen molar-refractivity contribution in [3.05, 3.63) is 35.4 Å². The maximum absolute atomic E-state index is 12.4. The van der Waals surface area contributed by atoms with Crippen molar-refractivity contribution in [3.63, 3.8) is 0 Å². The lowest BCUT2D eigenvalue weighted by atomic mass is 9.82. The average molecular weight is 243 g/mol. The molecular weight excluding hydrogens is 227 g/mol. The number of hydrogen-bond acceptors (Lipinski definition) is 1. The molecule has 0 unspecified atom stereocenters. The van der Waals surface area contributed by atoms with Crippen LogP contribution in [-0.4, -0.2) is 13.1 Å². The Morgan fingerprint density at radius 2 is 1.82 bits per heavy atom. The average Bonchev–Trinajstić information content (AvgIpc) is 2.29. The Bertz CT molecular complexity index is 369. The van der Waals surface area contributed by atoms with Crippen molar-refractivity contribution in [2.45, 2.75) is 25.4 Å². The fourth-order valence-electron chi connectivity index (χ4n) is 2.43. The van der Waals surface area contributed by atoms with Gasteiger partial charge in [0.1, 0.15) is 0 Å². The molecule has 2 atom stereocenters. The molecule has 0 spiro atoms. The van der Waals surface area contributed by atoms with Gasteiger partial charge in [0.2, 0.25) is 0 Å². The molecule has 1 saturated heterocycles. The molecule has 1 nitrogen and oxygen atoms in total. The predicted octanol–water partition coefficient (Wildman–Crippen LogP) is 3.42. The Hall–Kier alpha value is -1.03. The van der Waals surface area contributed by atoms with Crippen LogP contribution in [0.1, 0.15) is 30.4 Å². The van der Waals surface area contributed by atoms with E-state index >= 15 is 0 Å². The van der Waals surface area contributed by atoms with E-state index in [0.717, 1.165) is 25.1 Å². The van der Waals surface area contributed by atoms with E-state index in [2.05, 4.69) is 12.2 Å². The summed E-state index contributed by atoms with van der Waals surface area (Å²) in [6, 6.07) is 5.61. The van der Waals surface area contributed by atoms with Gasteiger partial charge in [-0.05, 0) is 49.0 Å². The number of alkyl halides is 3. The van der Waals surface area contributed by atoms with Gasteiger partial charge in [0, 0.05) is 0 Å². The SMILES string of the molecule is C[C@@H]1CNCC[C@@H]1c1ccc(C(F)(F)F)cc1. The minimum absolute atomic E-state index is 0.374. The topological polar surface area (TPSA) is 12.0 Å². The zero-order chi connectivity index (χ0) is 12.5. The lowest BCUT2D eigenvalue weighted by Crippen LogP contribution is -2.33. The molecule has 0 amide bonds. The fraction of sp³-hybridized carbons (Fsp3) is 0.538. The van der Waals surface area contributed by atoms with Crippen LogP contribution in [0.3, 0.4) is 0 Å². The molecule has 0 aromatic heterocycles. The van der Waals surface area contributed by atoms with E-state index in [1.54, 1.807) is 12.1 Å². The number of benzene rings is 1. The van der Waals surface area contributed by atoms with Gasteiger partial charge in [0.15, 0.2) is 0 Å². The van der Waals surface area contributed by atoms with Crippen molar-refractivity contribution in [2.75, 3.05) is 13.1 Å². The van der Waals surface area contributed by atoms with Gasteiger partial charge in [-0.2, -0.15) is 13.2 Å². The maximum atomic E-state index is 12.4. The molecule has 1 aromatic carbocycles. The minimum Gasteiger partial charge on any atom is -0.316 e. The molecule has 1 aliphatic heterocycles. The quantitative estimate of drug-likeness (QED) is 0.797. The summed E-state index contributed by atoms with van der Waals surface area (Å²) in [4.78, 5) is 0. The Kier molecular flexibility index (Phi) is 3.43. The minimum atomic E-state index is -4.24. The highest BCUT2D eigenvalue weighted by atomic mass is 19.4. The molecule has 0 saturated carbocycles. The molecule has 94 valence electrons. The van der Waals surface area contributed by atoms with Crippen molar-refractivity contribution < 1.29 is 13.2 Å². The van der Waals surface area contributed by atoms with Crippen LogP contribution in [-0.2, 0) is 6.18 Å². The van der Waals surface area contributed by atoms with Gasteiger partial charge in [0.05, 0.1) is 5.56 Å². The van der Waals surface area contributed by atoms with Gasteiger partial charge in [-0.15, -0.1) is 0 Å². The second-order valence-electron chi connectivity index (χ2n) is 4.70. The highest BCUT2D eigenvalue weighted by Gasteiger charge is 2.30. The highest BCUT2D eigenvalue weighted by Crippen LogP contribution is 2.33. The van der Waals surface area contributed by atoms with Crippen LogP contribution in [0.25, 0.3) is 0 Å². The standard InChI is InChI=1S/C13H16F3N/c1-9-8-17-7-6-12(9)10-2-4-11(5-3-10)13(14,15)16/h2-5,9,12,17H,6-8H2,1H3/t9-,12+/m1/s1. The Labute approximate surface area is 99.0 Å². The van der Waals surface area contributed by atoms with Gasteiger partial charge in [-0.25, -0.2) is 0 Å². The third-order valence-corrected chi connectivity index (χ3v) is 3.45. The number of rotatable bonds is 1. The van der Waals surface area contributed by atoms with Crippen molar-refractivity contribution in [1.29, 1.82) is 0 Å². The lowest BCUT2D eigenvalue weighted by molar-refractivity contribution is -0.137. The smallest absolute Gasteiger partial charge is 0.316 e. The third kappa shape index (κ3) is 2.80. The highest BCUT2D eigenvalue weighted by molar-refractivity contribution is 5.27. The Morgan fingerprint density at radius 3 is 2.35 bits per heavy atom. The summed E-state index contributed by atoms with van der Waals surface area (Å²) in [5.74, 6) is 0.846. The molecule has 2 rings (SSSR count). The molecule has 1 aromatic rings. The van der Waals surface area contributed by atoms with E-state index in [9.17, 15) is 13.2 Å². The molecule has 17 heavy (non-hydrogen) atoms. The monoisotopic (exact) mass is 243 g/mol. The lowest BCUT2D eigenvalue weighted by Gasteiger charge is -2.30. The van der Waals surface area contributed by atoms with E-state index in [1.165, 1.54) is 12.1 Å². The molecule has 1 N–H and O–H groups in total. The van der Waals surface area contributed by atoms with Crippen molar-refractivity contribution in [3.8, 4) is 0 Å². The summed E-state index contributed by atoms with van der Waals surface area (Å²) in [6.45, 7) is 4.01. The van der Waals surface area contributed by atoms with E-state index in [0.29, 0.717) is 11.8 Å². The van der Waals surface area contributed by atoms with E-state index < -0.39 is 11.7 Å². The summed E-state index contributed by atoms with van der Waals surface area (Å²) in [5.41, 5.74) is 0.454. The largest absolute Gasteiger partial charge is 0.416 e. The van der Waals surface area contributed by atoms with Gasteiger partial charge >= 0.3 is 6.18 Å². The molecule has 4 heteroatoms. The first-order chi connectivity index (χ1) is 7.98. The second-order valence-corrected chi connectivity index (χ2v) is 4.70. The molecule has 0 bridgehead atoms. The molecule has 0 radical (unpaired) electrons. The van der Waals surface area contributed by atoms with Crippen LogP contribution in [0.15, 0.2) is 24.3 Å². The van der Waals surface area contributed by atoms with E-state index in [4.69, 9.17) is 0 Å². The number of nitrogens with one attached hydrogen (secondary N) is 1.